The maximum atomic E-state index is 14.2. The SMILES string of the molecule is O=C(Nc1ccccc1)N1Cc2ccccc2-n2cccc2C1c1cc(F)cc(F)c1. The van der Waals surface area contributed by atoms with Crippen LogP contribution in [0.5, 0.6) is 0 Å². The Kier molecular flexibility index (Phi) is 4.75. The lowest BCUT2D eigenvalue weighted by atomic mass is 10.0. The number of para-hydroxylation sites is 2. The highest BCUT2D eigenvalue weighted by Crippen LogP contribution is 2.37. The molecule has 4 nitrogen and oxygen atoms in total. The van der Waals surface area contributed by atoms with Gasteiger partial charge in [-0.1, -0.05) is 36.4 Å². The molecule has 0 spiro atoms. The van der Waals surface area contributed by atoms with E-state index in [9.17, 15) is 13.6 Å². The first kappa shape index (κ1) is 19.1. The van der Waals surface area contributed by atoms with Gasteiger partial charge >= 0.3 is 6.03 Å². The first-order valence-electron chi connectivity index (χ1n) is 9.94. The number of aromatic nitrogens is 1. The maximum Gasteiger partial charge on any atom is 0.322 e. The van der Waals surface area contributed by atoms with Crippen molar-refractivity contribution >= 4 is 11.7 Å². The van der Waals surface area contributed by atoms with Gasteiger partial charge in [-0.2, -0.15) is 0 Å². The third kappa shape index (κ3) is 3.57. The quantitative estimate of drug-likeness (QED) is 0.435. The van der Waals surface area contributed by atoms with Gasteiger partial charge in [0.15, 0.2) is 0 Å². The van der Waals surface area contributed by atoms with Crippen LogP contribution < -0.4 is 5.32 Å². The fraction of sp³-hybridized carbons (Fsp3) is 0.0800. The lowest BCUT2D eigenvalue weighted by Gasteiger charge is -2.31. The van der Waals surface area contributed by atoms with Gasteiger partial charge in [-0.3, -0.25) is 0 Å². The third-order valence-electron chi connectivity index (χ3n) is 5.45. The van der Waals surface area contributed by atoms with E-state index in [1.165, 1.54) is 12.1 Å². The van der Waals surface area contributed by atoms with Crippen molar-refractivity contribution in [2.24, 2.45) is 0 Å². The molecular formula is C25H19F2N3O. The molecular weight excluding hydrogens is 396 g/mol. The van der Waals surface area contributed by atoms with E-state index in [0.29, 0.717) is 11.3 Å². The summed E-state index contributed by atoms with van der Waals surface area (Å²) in [6, 6.07) is 23.0. The van der Waals surface area contributed by atoms with Gasteiger partial charge in [0.25, 0.3) is 0 Å². The zero-order chi connectivity index (χ0) is 21.4. The number of carbonyl (C=O) groups is 1. The number of amides is 2. The van der Waals surface area contributed by atoms with Gasteiger partial charge in [-0.15, -0.1) is 0 Å². The number of nitrogens with one attached hydrogen (secondary N) is 1. The molecule has 2 amide bonds. The molecule has 0 fully saturated rings. The summed E-state index contributed by atoms with van der Waals surface area (Å²) in [4.78, 5) is 15.0. The van der Waals surface area contributed by atoms with Crippen molar-refractivity contribution in [3.05, 3.63) is 120 Å². The van der Waals surface area contributed by atoms with E-state index in [0.717, 1.165) is 23.0 Å². The molecule has 4 aromatic rings. The van der Waals surface area contributed by atoms with Crippen LogP contribution in [-0.4, -0.2) is 15.5 Å². The smallest absolute Gasteiger partial charge is 0.318 e. The fourth-order valence-electron chi connectivity index (χ4n) is 4.14. The summed E-state index contributed by atoms with van der Waals surface area (Å²) in [7, 11) is 0. The third-order valence-corrected chi connectivity index (χ3v) is 5.45. The Labute approximate surface area is 178 Å². The Morgan fingerprint density at radius 3 is 2.35 bits per heavy atom. The summed E-state index contributed by atoms with van der Waals surface area (Å²) < 4.78 is 30.3. The van der Waals surface area contributed by atoms with Gasteiger partial charge in [0.2, 0.25) is 0 Å². The summed E-state index contributed by atoms with van der Waals surface area (Å²) in [5.74, 6) is -1.36. The topological polar surface area (TPSA) is 37.3 Å². The molecule has 1 unspecified atom stereocenters. The Balaban J connectivity index is 1.67. The van der Waals surface area contributed by atoms with Crippen molar-refractivity contribution in [1.29, 1.82) is 0 Å². The molecule has 31 heavy (non-hydrogen) atoms. The Morgan fingerprint density at radius 2 is 1.58 bits per heavy atom. The van der Waals surface area contributed by atoms with Crippen LogP contribution >= 0.6 is 0 Å². The molecule has 0 aliphatic carbocycles. The van der Waals surface area contributed by atoms with Crippen molar-refractivity contribution in [1.82, 2.24) is 9.47 Å². The van der Waals surface area contributed by atoms with E-state index >= 15 is 0 Å². The van der Waals surface area contributed by atoms with Gasteiger partial charge in [-0.05, 0) is 53.6 Å². The maximum absolute atomic E-state index is 14.2. The van der Waals surface area contributed by atoms with E-state index in [-0.39, 0.29) is 12.6 Å². The molecule has 1 aliphatic rings. The zero-order valence-corrected chi connectivity index (χ0v) is 16.5. The normalized spacial score (nSPS) is 15.0. The number of benzene rings is 3. The standard InChI is InChI=1S/C25H19F2N3O/c26-19-13-18(14-20(27)15-19)24-23-11-6-12-29(23)22-10-5-4-7-17(22)16-30(24)25(31)28-21-8-2-1-3-9-21/h1-15,24H,16H2,(H,28,31). The van der Waals surface area contributed by atoms with Crippen LogP contribution in [0.15, 0.2) is 91.1 Å². The first-order valence-corrected chi connectivity index (χ1v) is 9.94. The number of nitrogens with zero attached hydrogens (tertiary/aromatic N) is 2. The molecule has 1 atom stereocenters. The van der Waals surface area contributed by atoms with Crippen LogP contribution in [0.2, 0.25) is 0 Å². The molecule has 1 N–H and O–H groups in total. The number of rotatable bonds is 2. The average molecular weight is 415 g/mol. The number of urea groups is 1. The number of halogens is 2. The second-order valence-electron chi connectivity index (χ2n) is 7.46. The van der Waals surface area contributed by atoms with Crippen molar-refractivity contribution in [2.45, 2.75) is 12.6 Å². The lowest BCUT2D eigenvalue weighted by molar-refractivity contribution is 0.194. The van der Waals surface area contributed by atoms with Crippen LogP contribution in [0.4, 0.5) is 19.3 Å². The second kappa shape index (κ2) is 7.72. The summed E-state index contributed by atoms with van der Waals surface area (Å²) in [6.07, 6.45) is 1.90. The molecule has 0 saturated carbocycles. The molecule has 3 aromatic carbocycles. The van der Waals surface area contributed by atoms with Crippen LogP contribution in [-0.2, 0) is 6.54 Å². The van der Waals surface area contributed by atoms with Crippen molar-refractivity contribution in [2.75, 3.05) is 5.32 Å². The van der Waals surface area contributed by atoms with E-state index < -0.39 is 17.7 Å². The monoisotopic (exact) mass is 415 g/mol. The number of hydrogen-bond donors (Lipinski definition) is 1. The minimum Gasteiger partial charge on any atom is -0.318 e. The predicted octanol–water partition coefficient (Wildman–Crippen LogP) is 5.89. The molecule has 0 radical (unpaired) electrons. The summed E-state index contributed by atoms with van der Waals surface area (Å²) in [6.45, 7) is 0.277. The molecule has 1 aromatic heterocycles. The van der Waals surface area contributed by atoms with Crippen LogP contribution in [0, 0.1) is 11.6 Å². The first-order chi connectivity index (χ1) is 15.1. The largest absolute Gasteiger partial charge is 0.322 e. The lowest BCUT2D eigenvalue weighted by Crippen LogP contribution is -2.38. The molecule has 2 heterocycles. The Morgan fingerprint density at radius 1 is 0.871 bits per heavy atom. The van der Waals surface area contributed by atoms with Crippen molar-refractivity contribution in [3.8, 4) is 5.69 Å². The highest BCUT2D eigenvalue weighted by molar-refractivity contribution is 5.90. The van der Waals surface area contributed by atoms with Gasteiger partial charge < -0.3 is 14.8 Å². The molecule has 0 bridgehead atoms. The van der Waals surface area contributed by atoms with Crippen molar-refractivity contribution < 1.29 is 13.6 Å². The van der Waals surface area contributed by atoms with Crippen LogP contribution in [0.1, 0.15) is 22.9 Å². The van der Waals surface area contributed by atoms with Crippen LogP contribution in [0.25, 0.3) is 5.69 Å². The molecule has 5 rings (SSSR count). The summed E-state index contributed by atoms with van der Waals surface area (Å²) in [5.41, 5.74) is 3.62. The minimum atomic E-state index is -0.684. The molecule has 154 valence electrons. The van der Waals surface area contributed by atoms with E-state index in [2.05, 4.69) is 5.32 Å². The number of hydrogen-bond acceptors (Lipinski definition) is 1. The van der Waals surface area contributed by atoms with E-state index in [1.54, 1.807) is 17.0 Å². The van der Waals surface area contributed by atoms with Crippen LogP contribution in [0.3, 0.4) is 0 Å². The second-order valence-corrected chi connectivity index (χ2v) is 7.46. The number of anilines is 1. The van der Waals surface area contributed by atoms with E-state index in [4.69, 9.17) is 0 Å². The van der Waals surface area contributed by atoms with Gasteiger partial charge in [0.05, 0.1) is 18.3 Å². The van der Waals surface area contributed by atoms with E-state index in [1.807, 2.05) is 65.4 Å². The molecule has 1 aliphatic heterocycles. The minimum absolute atomic E-state index is 0.277. The highest BCUT2D eigenvalue weighted by Gasteiger charge is 2.33. The van der Waals surface area contributed by atoms with Crippen molar-refractivity contribution in [3.63, 3.8) is 0 Å². The number of fused-ring (bicyclic) bond motifs is 3. The molecule has 0 saturated heterocycles. The Hall–Kier alpha value is -3.93. The van der Waals surface area contributed by atoms with Gasteiger partial charge in [0.1, 0.15) is 11.6 Å². The van der Waals surface area contributed by atoms with Gasteiger partial charge in [-0.25, -0.2) is 13.6 Å². The predicted molar refractivity (Wildman–Crippen MR) is 115 cm³/mol. The Bertz CT molecular complexity index is 1230. The zero-order valence-electron chi connectivity index (χ0n) is 16.5. The fourth-order valence-corrected chi connectivity index (χ4v) is 4.14. The molecule has 6 heteroatoms. The van der Waals surface area contributed by atoms with Gasteiger partial charge in [0, 0.05) is 23.6 Å². The average Bonchev–Trinajstić information content (AvgIpc) is 3.18. The number of carbonyl (C=O) groups excluding carboxylic acids is 1. The summed E-state index contributed by atoms with van der Waals surface area (Å²) >= 11 is 0. The summed E-state index contributed by atoms with van der Waals surface area (Å²) in [5, 5.41) is 2.91. The highest BCUT2D eigenvalue weighted by atomic mass is 19.1.